The predicted molar refractivity (Wildman–Crippen MR) is 73.2 cm³/mol. The minimum absolute atomic E-state index is 0.307. The van der Waals surface area contributed by atoms with Crippen LogP contribution in [0.4, 0.5) is 4.79 Å². The molecule has 1 rings (SSSR count). The average molecular weight is 285 g/mol. The van der Waals surface area contributed by atoms with Gasteiger partial charge in [-0.3, -0.25) is 0 Å². The van der Waals surface area contributed by atoms with Gasteiger partial charge in [0.25, 0.3) is 0 Å². The summed E-state index contributed by atoms with van der Waals surface area (Å²) in [6.07, 6.45) is 0. The summed E-state index contributed by atoms with van der Waals surface area (Å²) < 4.78 is 0. The lowest BCUT2D eigenvalue weighted by molar-refractivity contribution is -0.143. The van der Waals surface area contributed by atoms with Crippen LogP contribution in [0.25, 0.3) is 0 Å². The normalized spacial score (nSPS) is 10.9. The molecule has 0 heterocycles. The molecular weight excluding hydrogens is 268 g/mol. The molecule has 1 aromatic carbocycles. The van der Waals surface area contributed by atoms with Crippen molar-refractivity contribution in [2.24, 2.45) is 0 Å². The molecule has 0 aliphatic heterocycles. The smallest absolute Gasteiger partial charge is 0.328 e. The Morgan fingerprint density at radius 1 is 1.37 bits per heavy atom. The van der Waals surface area contributed by atoms with Gasteiger partial charge in [-0.1, -0.05) is 29.8 Å². The van der Waals surface area contributed by atoms with Crippen LogP contribution in [0.2, 0.25) is 5.02 Å². The Kier molecular flexibility index (Phi) is 4.78. The molecule has 0 bridgehead atoms. The topological polar surface area (TPSA) is 69.6 Å². The van der Waals surface area contributed by atoms with E-state index in [0.717, 1.165) is 5.56 Å². The number of amides is 2. The molecule has 0 saturated carbocycles. The van der Waals surface area contributed by atoms with Crippen LogP contribution in [-0.4, -0.2) is 34.6 Å². The number of rotatable bonds is 4. The predicted octanol–water partition coefficient (Wildman–Crippen LogP) is 2.34. The minimum atomic E-state index is -1.31. The van der Waals surface area contributed by atoms with Gasteiger partial charge >= 0.3 is 12.0 Å². The van der Waals surface area contributed by atoms with Crippen molar-refractivity contribution in [1.29, 1.82) is 0 Å². The molecule has 5 nitrogen and oxygen atoms in total. The highest BCUT2D eigenvalue weighted by Gasteiger charge is 2.30. The lowest BCUT2D eigenvalue weighted by atomic mass is 10.1. The maximum Gasteiger partial charge on any atom is 0.328 e. The van der Waals surface area contributed by atoms with Gasteiger partial charge < -0.3 is 15.3 Å². The molecule has 2 N–H and O–H groups in total. The molecule has 1 aromatic rings. The third-order valence-electron chi connectivity index (χ3n) is 2.67. The largest absolute Gasteiger partial charge is 0.480 e. The number of benzene rings is 1. The van der Waals surface area contributed by atoms with Crippen LogP contribution in [0, 0.1) is 0 Å². The van der Waals surface area contributed by atoms with E-state index in [1.54, 1.807) is 19.2 Å². The summed E-state index contributed by atoms with van der Waals surface area (Å²) >= 11 is 6.00. The van der Waals surface area contributed by atoms with Crippen molar-refractivity contribution in [3.8, 4) is 0 Å². The molecule has 0 spiro atoms. The first kappa shape index (κ1) is 15.3. The number of nitrogens with zero attached hydrogens (tertiary/aromatic N) is 1. The second kappa shape index (κ2) is 5.93. The van der Waals surface area contributed by atoms with Gasteiger partial charge in [0, 0.05) is 18.6 Å². The summed E-state index contributed by atoms with van der Waals surface area (Å²) in [6, 6.07) is 6.72. The van der Waals surface area contributed by atoms with E-state index in [-0.39, 0.29) is 0 Å². The van der Waals surface area contributed by atoms with Gasteiger partial charge in [-0.2, -0.15) is 0 Å². The molecule has 0 aromatic heterocycles. The zero-order chi connectivity index (χ0) is 14.6. The number of carboxylic acid groups (broad SMARTS) is 1. The van der Waals surface area contributed by atoms with Crippen molar-refractivity contribution >= 4 is 23.6 Å². The van der Waals surface area contributed by atoms with Gasteiger partial charge in [0.05, 0.1) is 0 Å². The first-order valence-corrected chi connectivity index (χ1v) is 6.12. The number of hydrogen-bond donors (Lipinski definition) is 2. The van der Waals surface area contributed by atoms with Crippen molar-refractivity contribution < 1.29 is 14.7 Å². The molecule has 2 amide bonds. The standard InChI is InChI=1S/C13H17ClN2O3/c1-13(2,11(17)18)15-12(19)16(3)8-9-6-4-5-7-10(9)14/h4-7H,8H2,1-3H3,(H,15,19)(H,17,18). The van der Waals surface area contributed by atoms with E-state index in [9.17, 15) is 9.59 Å². The van der Waals surface area contributed by atoms with E-state index in [0.29, 0.717) is 11.6 Å². The van der Waals surface area contributed by atoms with Gasteiger partial charge in [0.1, 0.15) is 5.54 Å². The molecule has 0 unspecified atom stereocenters. The third kappa shape index (κ3) is 4.13. The highest BCUT2D eigenvalue weighted by molar-refractivity contribution is 6.31. The van der Waals surface area contributed by atoms with Gasteiger partial charge in [-0.15, -0.1) is 0 Å². The molecule has 0 aliphatic rings. The monoisotopic (exact) mass is 284 g/mol. The lowest BCUT2D eigenvalue weighted by Crippen LogP contribution is -2.53. The van der Waals surface area contributed by atoms with Crippen molar-refractivity contribution in [3.05, 3.63) is 34.9 Å². The van der Waals surface area contributed by atoms with Crippen molar-refractivity contribution in [3.63, 3.8) is 0 Å². The van der Waals surface area contributed by atoms with Gasteiger partial charge in [-0.05, 0) is 25.5 Å². The molecule has 0 saturated heterocycles. The van der Waals surface area contributed by atoms with Crippen LogP contribution in [0.3, 0.4) is 0 Å². The maximum absolute atomic E-state index is 11.9. The summed E-state index contributed by atoms with van der Waals surface area (Å²) in [5.41, 5.74) is -0.513. The first-order chi connectivity index (χ1) is 8.74. The average Bonchev–Trinajstić information content (AvgIpc) is 2.31. The van der Waals surface area contributed by atoms with E-state index >= 15 is 0 Å². The number of hydrogen-bond acceptors (Lipinski definition) is 2. The summed E-state index contributed by atoms with van der Waals surface area (Å²) in [4.78, 5) is 24.2. The van der Waals surface area contributed by atoms with Crippen molar-refractivity contribution in [2.45, 2.75) is 25.9 Å². The first-order valence-electron chi connectivity index (χ1n) is 5.74. The van der Waals surface area contributed by atoms with Gasteiger partial charge in [0.15, 0.2) is 0 Å². The lowest BCUT2D eigenvalue weighted by Gasteiger charge is -2.26. The fourth-order valence-electron chi connectivity index (χ4n) is 1.37. The van der Waals surface area contributed by atoms with E-state index in [1.165, 1.54) is 18.7 Å². The van der Waals surface area contributed by atoms with E-state index < -0.39 is 17.5 Å². The molecule has 0 fully saturated rings. The molecular formula is C13H17ClN2O3. The van der Waals surface area contributed by atoms with Gasteiger partial charge in [-0.25, -0.2) is 9.59 Å². The van der Waals surface area contributed by atoms with E-state index in [4.69, 9.17) is 16.7 Å². The van der Waals surface area contributed by atoms with Crippen molar-refractivity contribution in [2.75, 3.05) is 7.05 Å². The second-order valence-electron chi connectivity index (χ2n) is 4.81. The second-order valence-corrected chi connectivity index (χ2v) is 5.21. The molecule has 6 heteroatoms. The summed E-state index contributed by atoms with van der Waals surface area (Å²) in [5.74, 6) is -1.09. The Bertz CT molecular complexity index is 489. The molecule has 0 atom stereocenters. The minimum Gasteiger partial charge on any atom is -0.480 e. The SMILES string of the molecule is CN(Cc1ccccc1Cl)C(=O)NC(C)(C)C(=O)O. The number of carbonyl (C=O) groups is 2. The van der Waals surface area contributed by atoms with Crippen LogP contribution < -0.4 is 5.32 Å². The molecule has 104 valence electrons. The Balaban J connectivity index is 2.69. The highest BCUT2D eigenvalue weighted by Crippen LogP contribution is 2.16. The van der Waals surface area contributed by atoms with Crippen LogP contribution >= 0.6 is 11.6 Å². The fourth-order valence-corrected chi connectivity index (χ4v) is 1.57. The van der Waals surface area contributed by atoms with Crippen LogP contribution in [0.1, 0.15) is 19.4 Å². The van der Waals surface area contributed by atoms with E-state index in [1.807, 2.05) is 12.1 Å². The number of carboxylic acids is 1. The number of aliphatic carboxylic acids is 1. The van der Waals surface area contributed by atoms with Gasteiger partial charge in [0.2, 0.25) is 0 Å². The fraction of sp³-hybridized carbons (Fsp3) is 0.385. The zero-order valence-electron chi connectivity index (χ0n) is 11.1. The third-order valence-corrected chi connectivity index (χ3v) is 3.03. The number of halogens is 1. The zero-order valence-corrected chi connectivity index (χ0v) is 11.9. The molecule has 19 heavy (non-hydrogen) atoms. The van der Waals surface area contributed by atoms with Crippen LogP contribution in [0.5, 0.6) is 0 Å². The molecule has 0 radical (unpaired) electrons. The Morgan fingerprint density at radius 2 is 1.95 bits per heavy atom. The quantitative estimate of drug-likeness (QED) is 0.892. The summed E-state index contributed by atoms with van der Waals surface area (Å²) in [5, 5.41) is 12.0. The van der Waals surface area contributed by atoms with Crippen LogP contribution in [0.15, 0.2) is 24.3 Å². The molecule has 0 aliphatic carbocycles. The Hall–Kier alpha value is -1.75. The van der Waals surface area contributed by atoms with E-state index in [2.05, 4.69) is 5.32 Å². The highest BCUT2D eigenvalue weighted by atomic mass is 35.5. The van der Waals surface area contributed by atoms with Crippen molar-refractivity contribution in [1.82, 2.24) is 10.2 Å². The summed E-state index contributed by atoms with van der Waals surface area (Å²) in [6.45, 7) is 3.16. The number of urea groups is 1. The van der Waals surface area contributed by atoms with Crippen LogP contribution in [-0.2, 0) is 11.3 Å². The number of nitrogens with one attached hydrogen (secondary N) is 1. The summed E-state index contributed by atoms with van der Waals surface area (Å²) in [7, 11) is 1.58. The Morgan fingerprint density at radius 3 is 2.47 bits per heavy atom. The Labute approximate surface area is 117 Å². The number of carbonyl (C=O) groups excluding carboxylic acids is 1. The maximum atomic E-state index is 11.9.